The van der Waals surface area contributed by atoms with Crippen molar-refractivity contribution in [2.45, 2.75) is 6.61 Å². The number of hydrogen-bond acceptors (Lipinski definition) is 5. The standard InChI is InChI=1S/C20H16Cl2INO4S/c1-27-7-6-24-19(25)17(29-20(24)26)10-13-8-15(21)18(16(22)9-13)28-11-12-2-4-14(23)5-3-12/h2-5,8-10H,6-7,11H2,1H3/b17-10+. The van der Waals surface area contributed by atoms with E-state index in [-0.39, 0.29) is 24.3 Å². The van der Waals surface area contributed by atoms with Gasteiger partial charge in [-0.15, -0.1) is 0 Å². The fourth-order valence-corrected chi connectivity index (χ4v) is 4.40. The Balaban J connectivity index is 1.75. The highest BCUT2D eigenvalue weighted by molar-refractivity contribution is 14.1. The van der Waals surface area contributed by atoms with E-state index < -0.39 is 0 Å². The molecule has 1 heterocycles. The zero-order valence-corrected chi connectivity index (χ0v) is 19.8. The van der Waals surface area contributed by atoms with Crippen molar-refractivity contribution in [3.8, 4) is 5.75 Å². The number of carbonyl (C=O) groups excluding carboxylic acids is 2. The molecule has 0 atom stereocenters. The fourth-order valence-electron chi connectivity index (χ4n) is 2.56. The molecule has 9 heteroatoms. The number of methoxy groups -OCH3 is 1. The molecular formula is C20H16Cl2INO4S. The highest BCUT2D eigenvalue weighted by Gasteiger charge is 2.34. The van der Waals surface area contributed by atoms with Crippen molar-refractivity contribution in [1.29, 1.82) is 0 Å². The van der Waals surface area contributed by atoms with Crippen LogP contribution in [0.2, 0.25) is 10.0 Å². The summed E-state index contributed by atoms with van der Waals surface area (Å²) in [4.78, 5) is 25.9. The van der Waals surface area contributed by atoms with E-state index in [9.17, 15) is 9.59 Å². The Morgan fingerprint density at radius 3 is 2.41 bits per heavy atom. The predicted molar refractivity (Wildman–Crippen MR) is 125 cm³/mol. The topological polar surface area (TPSA) is 55.8 Å². The third kappa shape index (κ3) is 5.67. The number of carbonyl (C=O) groups is 2. The molecule has 1 saturated heterocycles. The van der Waals surface area contributed by atoms with Crippen LogP contribution in [0.25, 0.3) is 6.08 Å². The molecule has 152 valence electrons. The van der Waals surface area contributed by atoms with Gasteiger partial charge in [-0.05, 0) is 75.8 Å². The second-order valence-electron chi connectivity index (χ2n) is 6.05. The Labute approximate surface area is 196 Å². The maximum absolute atomic E-state index is 12.4. The maximum Gasteiger partial charge on any atom is 0.293 e. The average Bonchev–Trinajstić information content (AvgIpc) is 2.94. The first-order chi connectivity index (χ1) is 13.9. The molecule has 2 amide bonds. The molecule has 0 saturated carbocycles. The number of benzene rings is 2. The molecule has 3 rings (SSSR count). The van der Waals surface area contributed by atoms with E-state index >= 15 is 0 Å². The Bertz CT molecular complexity index is 942. The van der Waals surface area contributed by atoms with Crippen molar-refractivity contribution >= 4 is 74.8 Å². The van der Waals surface area contributed by atoms with Crippen LogP contribution < -0.4 is 4.74 Å². The van der Waals surface area contributed by atoms with E-state index in [1.54, 1.807) is 18.2 Å². The first kappa shape index (κ1) is 22.4. The van der Waals surface area contributed by atoms with Gasteiger partial charge in [-0.3, -0.25) is 14.5 Å². The minimum absolute atomic E-state index is 0.214. The van der Waals surface area contributed by atoms with Crippen molar-refractivity contribution < 1.29 is 19.1 Å². The third-order valence-electron chi connectivity index (χ3n) is 4.01. The number of thioether (sulfide) groups is 1. The number of nitrogens with zero attached hydrogens (tertiary/aromatic N) is 1. The minimum Gasteiger partial charge on any atom is -0.486 e. The molecule has 1 aliphatic rings. The van der Waals surface area contributed by atoms with Gasteiger partial charge < -0.3 is 9.47 Å². The van der Waals surface area contributed by atoms with Gasteiger partial charge in [-0.25, -0.2) is 0 Å². The zero-order valence-electron chi connectivity index (χ0n) is 15.3. The first-order valence-electron chi connectivity index (χ1n) is 8.49. The van der Waals surface area contributed by atoms with Gasteiger partial charge in [-0.1, -0.05) is 35.3 Å². The quantitative estimate of drug-likeness (QED) is 0.312. The molecule has 5 nitrogen and oxygen atoms in total. The SMILES string of the molecule is COCCN1C(=O)S/C(=C/c2cc(Cl)c(OCc3ccc(I)cc3)c(Cl)c2)C1=O. The van der Waals surface area contributed by atoms with Gasteiger partial charge in [0.05, 0.1) is 28.1 Å². The normalized spacial score (nSPS) is 15.4. The summed E-state index contributed by atoms with van der Waals surface area (Å²) in [7, 11) is 1.51. The smallest absolute Gasteiger partial charge is 0.293 e. The lowest BCUT2D eigenvalue weighted by Crippen LogP contribution is -2.31. The highest BCUT2D eigenvalue weighted by Crippen LogP contribution is 2.37. The Hall–Kier alpha value is -1.26. The number of hydrogen-bond donors (Lipinski definition) is 0. The van der Waals surface area contributed by atoms with E-state index in [2.05, 4.69) is 22.6 Å². The molecule has 0 N–H and O–H groups in total. The van der Waals surface area contributed by atoms with Crippen molar-refractivity contribution in [2.24, 2.45) is 0 Å². The summed E-state index contributed by atoms with van der Waals surface area (Å²) < 4.78 is 11.9. The number of imide groups is 1. The number of amides is 2. The minimum atomic E-state index is -0.358. The molecule has 0 spiro atoms. The lowest BCUT2D eigenvalue weighted by atomic mass is 10.2. The van der Waals surface area contributed by atoms with Gasteiger partial charge >= 0.3 is 0 Å². The lowest BCUT2D eigenvalue weighted by molar-refractivity contribution is -0.123. The van der Waals surface area contributed by atoms with Gasteiger partial charge in [0.25, 0.3) is 11.1 Å². The molecule has 0 bridgehead atoms. The molecule has 0 radical (unpaired) electrons. The molecule has 0 aliphatic carbocycles. The van der Waals surface area contributed by atoms with Gasteiger partial charge in [0, 0.05) is 10.7 Å². The van der Waals surface area contributed by atoms with Crippen LogP contribution in [0.5, 0.6) is 5.75 Å². The van der Waals surface area contributed by atoms with Gasteiger partial charge in [0.2, 0.25) is 0 Å². The summed E-state index contributed by atoms with van der Waals surface area (Å²) in [6.07, 6.45) is 1.60. The van der Waals surface area contributed by atoms with Crippen molar-refractivity contribution in [2.75, 3.05) is 20.3 Å². The summed E-state index contributed by atoms with van der Waals surface area (Å²) in [6.45, 7) is 0.828. The van der Waals surface area contributed by atoms with Crippen LogP contribution >= 0.6 is 57.6 Å². The monoisotopic (exact) mass is 563 g/mol. The third-order valence-corrected chi connectivity index (χ3v) is 6.20. The first-order valence-corrected chi connectivity index (χ1v) is 11.1. The Morgan fingerprint density at radius 1 is 1.14 bits per heavy atom. The van der Waals surface area contributed by atoms with E-state index in [0.717, 1.165) is 25.8 Å². The van der Waals surface area contributed by atoms with Crippen LogP contribution in [0.3, 0.4) is 0 Å². The second-order valence-corrected chi connectivity index (χ2v) is 9.11. The molecule has 1 fully saturated rings. The number of ether oxygens (including phenoxy) is 2. The molecule has 1 aliphatic heterocycles. The van der Waals surface area contributed by atoms with Crippen LogP contribution in [0.15, 0.2) is 41.3 Å². The van der Waals surface area contributed by atoms with Crippen LogP contribution in [-0.4, -0.2) is 36.3 Å². The van der Waals surface area contributed by atoms with Crippen LogP contribution in [0, 0.1) is 3.57 Å². The van der Waals surface area contributed by atoms with Crippen molar-refractivity contribution in [1.82, 2.24) is 4.90 Å². The molecule has 2 aromatic rings. The van der Waals surface area contributed by atoms with Gasteiger partial charge in [0.15, 0.2) is 5.75 Å². The maximum atomic E-state index is 12.4. The van der Waals surface area contributed by atoms with E-state index in [4.69, 9.17) is 32.7 Å². The van der Waals surface area contributed by atoms with E-state index in [1.807, 2.05) is 24.3 Å². The van der Waals surface area contributed by atoms with Crippen LogP contribution in [0.1, 0.15) is 11.1 Å². The van der Waals surface area contributed by atoms with E-state index in [1.165, 1.54) is 7.11 Å². The largest absolute Gasteiger partial charge is 0.486 e. The Kier molecular flexibility index (Phi) is 7.86. The summed E-state index contributed by atoms with van der Waals surface area (Å²) in [6, 6.07) is 11.2. The molecule has 0 unspecified atom stereocenters. The highest BCUT2D eigenvalue weighted by atomic mass is 127. The molecular weight excluding hydrogens is 548 g/mol. The predicted octanol–water partition coefficient (Wildman–Crippen LogP) is 5.86. The van der Waals surface area contributed by atoms with Gasteiger partial charge in [-0.2, -0.15) is 0 Å². The molecule has 0 aromatic heterocycles. The number of rotatable bonds is 7. The zero-order chi connectivity index (χ0) is 21.0. The average molecular weight is 564 g/mol. The lowest BCUT2D eigenvalue weighted by Gasteiger charge is -2.12. The van der Waals surface area contributed by atoms with Crippen LogP contribution in [-0.2, 0) is 16.1 Å². The second kappa shape index (κ2) is 10.2. The molecule has 29 heavy (non-hydrogen) atoms. The van der Waals surface area contributed by atoms with Crippen molar-refractivity contribution in [3.05, 3.63) is 66.0 Å². The summed E-state index contributed by atoms with van der Waals surface area (Å²) in [5.74, 6) is 0.0144. The van der Waals surface area contributed by atoms with Gasteiger partial charge in [0.1, 0.15) is 6.61 Å². The van der Waals surface area contributed by atoms with Crippen molar-refractivity contribution in [3.63, 3.8) is 0 Å². The Morgan fingerprint density at radius 2 is 1.79 bits per heavy atom. The molecule has 2 aromatic carbocycles. The summed E-state index contributed by atoms with van der Waals surface area (Å²) in [5.41, 5.74) is 1.60. The summed E-state index contributed by atoms with van der Waals surface area (Å²) >= 11 is 15.8. The van der Waals surface area contributed by atoms with E-state index in [0.29, 0.717) is 32.9 Å². The number of halogens is 3. The summed E-state index contributed by atoms with van der Waals surface area (Å²) in [5, 5.41) is 0.328. The van der Waals surface area contributed by atoms with Crippen LogP contribution in [0.4, 0.5) is 4.79 Å². The fraction of sp³-hybridized carbons (Fsp3) is 0.200.